The lowest BCUT2D eigenvalue weighted by atomic mass is 9.98. The van der Waals surface area contributed by atoms with E-state index in [4.69, 9.17) is 4.42 Å². The lowest BCUT2D eigenvalue weighted by molar-refractivity contribution is 0.366. The highest BCUT2D eigenvalue weighted by molar-refractivity contribution is 5.85. The van der Waals surface area contributed by atoms with E-state index in [1.54, 1.807) is 0 Å². The van der Waals surface area contributed by atoms with Crippen molar-refractivity contribution < 1.29 is 4.42 Å². The quantitative estimate of drug-likeness (QED) is 0.747. The van der Waals surface area contributed by atoms with E-state index in [1.165, 1.54) is 0 Å². The number of hydrogen-bond acceptors (Lipinski definition) is 4. The van der Waals surface area contributed by atoms with Crippen LogP contribution in [0.1, 0.15) is 30.5 Å². The van der Waals surface area contributed by atoms with Gasteiger partial charge < -0.3 is 9.73 Å². The van der Waals surface area contributed by atoms with Crippen molar-refractivity contribution in [1.82, 2.24) is 15.5 Å². The first-order chi connectivity index (χ1) is 5.86. The summed E-state index contributed by atoms with van der Waals surface area (Å²) in [5.41, 5.74) is 0. The minimum Gasteiger partial charge on any atom is -0.425 e. The Morgan fingerprint density at radius 2 is 2.00 bits per heavy atom. The van der Waals surface area contributed by atoms with Gasteiger partial charge in [-0.25, -0.2) is 0 Å². The summed E-state index contributed by atoms with van der Waals surface area (Å²) < 4.78 is 5.37. The minimum absolute atomic E-state index is 0. The molecule has 1 aromatic heterocycles. The number of hydrogen-bond donors (Lipinski definition) is 1. The number of aromatic nitrogens is 2. The van der Waals surface area contributed by atoms with E-state index < -0.39 is 0 Å². The zero-order valence-electron chi connectivity index (χ0n) is 7.62. The van der Waals surface area contributed by atoms with Crippen molar-refractivity contribution in [3.8, 4) is 0 Å². The molecule has 0 atom stereocenters. The summed E-state index contributed by atoms with van der Waals surface area (Å²) in [6, 6.07) is 0. The fraction of sp³-hybridized carbons (Fsp3) is 0.750. The molecule has 0 amide bonds. The van der Waals surface area contributed by atoms with Crippen molar-refractivity contribution in [3.63, 3.8) is 0 Å². The zero-order valence-corrected chi connectivity index (χ0v) is 8.43. The summed E-state index contributed by atoms with van der Waals surface area (Å²) >= 11 is 0. The van der Waals surface area contributed by atoms with E-state index in [0.717, 1.165) is 31.8 Å². The first-order valence-corrected chi connectivity index (χ1v) is 4.37. The molecular weight excluding hydrogens is 190 g/mol. The Labute approximate surface area is 83.5 Å². The Balaban J connectivity index is 0.000000845. The molecule has 1 N–H and O–H groups in total. The van der Waals surface area contributed by atoms with Crippen LogP contribution in [-0.2, 0) is 0 Å². The van der Waals surface area contributed by atoms with Crippen LogP contribution < -0.4 is 5.32 Å². The molecule has 2 heterocycles. The van der Waals surface area contributed by atoms with Crippen molar-refractivity contribution >= 4 is 12.4 Å². The van der Waals surface area contributed by atoms with Crippen LogP contribution in [0.2, 0.25) is 0 Å². The van der Waals surface area contributed by atoms with Crippen molar-refractivity contribution in [2.45, 2.75) is 25.7 Å². The highest BCUT2D eigenvalue weighted by atomic mass is 35.5. The number of aryl methyl sites for hydroxylation is 1. The van der Waals surface area contributed by atoms with E-state index in [1.807, 2.05) is 6.92 Å². The van der Waals surface area contributed by atoms with Crippen LogP contribution in [0, 0.1) is 6.92 Å². The molecule has 4 nitrogen and oxygen atoms in total. The molecule has 1 aliphatic rings. The number of halogens is 1. The Kier molecular flexibility index (Phi) is 3.69. The minimum atomic E-state index is 0. The maximum atomic E-state index is 5.37. The average molecular weight is 204 g/mol. The van der Waals surface area contributed by atoms with Crippen LogP contribution in [0.3, 0.4) is 0 Å². The molecular formula is C8H14ClN3O. The fourth-order valence-electron chi connectivity index (χ4n) is 1.55. The van der Waals surface area contributed by atoms with Gasteiger partial charge in [-0.3, -0.25) is 0 Å². The predicted molar refractivity (Wildman–Crippen MR) is 51.1 cm³/mol. The van der Waals surface area contributed by atoms with Crippen molar-refractivity contribution in [3.05, 3.63) is 11.8 Å². The highest BCUT2D eigenvalue weighted by Gasteiger charge is 2.19. The third-order valence-corrected chi connectivity index (χ3v) is 2.23. The third-order valence-electron chi connectivity index (χ3n) is 2.23. The van der Waals surface area contributed by atoms with Gasteiger partial charge in [-0.15, -0.1) is 22.6 Å². The largest absolute Gasteiger partial charge is 0.425 e. The maximum absolute atomic E-state index is 5.37. The summed E-state index contributed by atoms with van der Waals surface area (Å²) in [6.07, 6.45) is 2.23. The second-order valence-corrected chi connectivity index (χ2v) is 3.18. The summed E-state index contributed by atoms with van der Waals surface area (Å²) in [6.45, 7) is 3.95. The van der Waals surface area contributed by atoms with Crippen LogP contribution in [0.25, 0.3) is 0 Å². The molecule has 1 saturated heterocycles. The van der Waals surface area contributed by atoms with E-state index in [2.05, 4.69) is 15.5 Å². The van der Waals surface area contributed by atoms with Gasteiger partial charge in [0, 0.05) is 12.8 Å². The normalized spacial score (nSPS) is 18.2. The number of rotatable bonds is 1. The molecule has 0 saturated carbocycles. The van der Waals surface area contributed by atoms with Crippen LogP contribution in [0.15, 0.2) is 4.42 Å². The lowest BCUT2D eigenvalue weighted by Gasteiger charge is -2.18. The van der Waals surface area contributed by atoms with Gasteiger partial charge in [-0.1, -0.05) is 0 Å². The smallest absolute Gasteiger partial charge is 0.219 e. The van der Waals surface area contributed by atoms with Gasteiger partial charge in [0.05, 0.1) is 0 Å². The van der Waals surface area contributed by atoms with Gasteiger partial charge in [0.1, 0.15) is 0 Å². The van der Waals surface area contributed by atoms with Gasteiger partial charge in [0.15, 0.2) is 0 Å². The summed E-state index contributed by atoms with van der Waals surface area (Å²) in [5.74, 6) is 1.96. The van der Waals surface area contributed by atoms with Crippen LogP contribution in [0.5, 0.6) is 0 Å². The van der Waals surface area contributed by atoms with Gasteiger partial charge in [-0.2, -0.15) is 0 Å². The monoisotopic (exact) mass is 203 g/mol. The highest BCUT2D eigenvalue weighted by Crippen LogP contribution is 2.23. The number of nitrogens with zero attached hydrogens (tertiary/aromatic N) is 2. The second kappa shape index (κ2) is 4.58. The average Bonchev–Trinajstić information content (AvgIpc) is 2.54. The Morgan fingerprint density at radius 3 is 2.54 bits per heavy atom. The first-order valence-electron chi connectivity index (χ1n) is 4.37. The van der Waals surface area contributed by atoms with E-state index in [0.29, 0.717) is 11.8 Å². The molecule has 74 valence electrons. The summed E-state index contributed by atoms with van der Waals surface area (Å²) in [4.78, 5) is 0. The number of nitrogens with one attached hydrogen (secondary N) is 1. The summed E-state index contributed by atoms with van der Waals surface area (Å²) in [5, 5.41) is 11.2. The van der Waals surface area contributed by atoms with E-state index in [9.17, 15) is 0 Å². The SMILES string of the molecule is Cc1nnc(C2CCNCC2)o1.Cl. The molecule has 1 aliphatic heterocycles. The standard InChI is InChI=1S/C8H13N3O.ClH/c1-6-10-11-8(12-6)7-2-4-9-5-3-7;/h7,9H,2-5H2,1H3;1H. The molecule has 2 rings (SSSR count). The van der Waals surface area contributed by atoms with E-state index >= 15 is 0 Å². The van der Waals surface area contributed by atoms with Crippen LogP contribution in [-0.4, -0.2) is 23.3 Å². The third kappa shape index (κ3) is 2.42. The Morgan fingerprint density at radius 1 is 1.31 bits per heavy atom. The van der Waals surface area contributed by atoms with Crippen LogP contribution >= 0.6 is 12.4 Å². The van der Waals surface area contributed by atoms with Gasteiger partial charge in [0.2, 0.25) is 11.8 Å². The molecule has 13 heavy (non-hydrogen) atoms. The van der Waals surface area contributed by atoms with Crippen molar-refractivity contribution in [2.75, 3.05) is 13.1 Å². The molecule has 1 fully saturated rings. The Hall–Kier alpha value is -0.610. The van der Waals surface area contributed by atoms with Crippen molar-refractivity contribution in [2.24, 2.45) is 0 Å². The van der Waals surface area contributed by atoms with Gasteiger partial charge >= 0.3 is 0 Å². The predicted octanol–water partition coefficient (Wildman–Crippen LogP) is 1.27. The lowest BCUT2D eigenvalue weighted by Crippen LogP contribution is -2.26. The first kappa shape index (κ1) is 10.5. The molecule has 0 spiro atoms. The zero-order chi connectivity index (χ0) is 8.39. The molecule has 0 bridgehead atoms. The molecule has 5 heteroatoms. The molecule has 0 radical (unpaired) electrons. The fourth-order valence-corrected chi connectivity index (χ4v) is 1.55. The molecule has 1 aromatic rings. The topological polar surface area (TPSA) is 51.0 Å². The van der Waals surface area contributed by atoms with Gasteiger partial charge in [0.25, 0.3) is 0 Å². The Bertz CT molecular complexity index is 258. The molecule has 0 aromatic carbocycles. The molecule has 0 unspecified atom stereocenters. The van der Waals surface area contributed by atoms with E-state index in [-0.39, 0.29) is 12.4 Å². The second-order valence-electron chi connectivity index (χ2n) is 3.18. The van der Waals surface area contributed by atoms with Gasteiger partial charge in [-0.05, 0) is 25.9 Å². The number of piperidine rings is 1. The molecule has 0 aliphatic carbocycles. The summed E-state index contributed by atoms with van der Waals surface area (Å²) in [7, 11) is 0. The maximum Gasteiger partial charge on any atom is 0.219 e. The van der Waals surface area contributed by atoms with Crippen molar-refractivity contribution in [1.29, 1.82) is 0 Å². The van der Waals surface area contributed by atoms with Crippen LogP contribution in [0.4, 0.5) is 0 Å².